The molecule has 0 heterocycles. The first-order valence-corrected chi connectivity index (χ1v) is 36.7. The standard InChI is InChI=1S/C10H14O.9C10H14/c1-7-5-6-10(11-4)9(3)8(7)2;9*1-7-5-6-8(2)10(4)9(7)3/h5-6H,1-4H3;9*5-6H,1-4H3. The highest BCUT2D eigenvalue weighted by Gasteiger charge is 2.06. The van der Waals surface area contributed by atoms with Crippen LogP contribution in [0.1, 0.15) is 217 Å². The van der Waals surface area contributed by atoms with E-state index in [1.807, 2.05) is 6.07 Å². The van der Waals surface area contributed by atoms with E-state index in [0.717, 1.165) is 5.75 Å². The zero-order chi connectivity index (χ0) is 77.9. The highest BCUT2D eigenvalue weighted by molar-refractivity contribution is 5.46. The third-order valence-corrected chi connectivity index (χ3v) is 23.2. The van der Waals surface area contributed by atoms with Crippen molar-refractivity contribution in [3.8, 4) is 5.75 Å². The van der Waals surface area contributed by atoms with E-state index in [0.29, 0.717) is 0 Å². The van der Waals surface area contributed by atoms with E-state index in [1.165, 1.54) is 217 Å². The molecular weight excluding hydrogens is 1220 g/mol. The monoisotopic (exact) mass is 1360 g/mol. The first-order valence-electron chi connectivity index (χ1n) is 36.7. The Hall–Kier alpha value is -8.00. The summed E-state index contributed by atoms with van der Waals surface area (Å²) in [4.78, 5) is 0. The minimum Gasteiger partial charge on any atom is -0.496 e. The van der Waals surface area contributed by atoms with Crippen molar-refractivity contribution in [1.29, 1.82) is 0 Å². The summed E-state index contributed by atoms with van der Waals surface area (Å²) >= 11 is 0. The first kappa shape index (κ1) is 91.0. The molecule has 0 aliphatic carbocycles. The van der Waals surface area contributed by atoms with E-state index in [1.54, 1.807) is 7.11 Å². The molecule has 0 spiro atoms. The molecule has 0 aromatic heterocycles. The summed E-state index contributed by atoms with van der Waals surface area (Å²) in [6.07, 6.45) is 0. The number of rotatable bonds is 1. The Morgan fingerprint density at radius 3 is 0.257 bits per heavy atom. The average Bonchev–Trinajstić information content (AvgIpc) is 1.44. The molecule has 0 aliphatic rings. The lowest BCUT2D eigenvalue weighted by Gasteiger charge is -2.08. The predicted molar refractivity (Wildman–Crippen MR) is 456 cm³/mol. The predicted octanol–water partition coefficient (Wildman–Crippen LogP) is 28.9. The fourth-order valence-corrected chi connectivity index (χ4v) is 11.0. The number of hydrogen-bond donors (Lipinski definition) is 0. The topological polar surface area (TPSA) is 9.23 Å². The van der Waals surface area contributed by atoms with Crippen LogP contribution >= 0.6 is 0 Å². The third kappa shape index (κ3) is 27.7. The summed E-state index contributed by atoms with van der Waals surface area (Å²) in [5.41, 5.74) is 54.7. The maximum atomic E-state index is 5.18. The molecule has 1 nitrogen and oxygen atoms in total. The molecule has 0 unspecified atom stereocenters. The third-order valence-electron chi connectivity index (χ3n) is 23.2. The average molecular weight is 1360 g/mol. The van der Waals surface area contributed by atoms with Crippen LogP contribution in [0.15, 0.2) is 121 Å². The van der Waals surface area contributed by atoms with Gasteiger partial charge in [-0.3, -0.25) is 0 Å². The van der Waals surface area contributed by atoms with E-state index in [-0.39, 0.29) is 0 Å². The summed E-state index contributed by atoms with van der Waals surface area (Å²) in [6.45, 7) is 84.3. The van der Waals surface area contributed by atoms with Crippen LogP contribution in [-0.2, 0) is 0 Å². The van der Waals surface area contributed by atoms with Crippen LogP contribution in [0.4, 0.5) is 0 Å². The van der Waals surface area contributed by atoms with E-state index in [9.17, 15) is 0 Å². The van der Waals surface area contributed by atoms with Gasteiger partial charge in [-0.15, -0.1) is 0 Å². The van der Waals surface area contributed by atoms with E-state index in [4.69, 9.17) is 4.74 Å². The van der Waals surface area contributed by atoms with E-state index in [2.05, 4.69) is 385 Å². The molecule has 0 aliphatic heterocycles. The summed E-state index contributed by atoms with van der Waals surface area (Å²) in [6, 6.07) is 43.3. The Morgan fingerprint density at radius 2 is 0.178 bits per heavy atom. The number of benzene rings is 10. The summed E-state index contributed by atoms with van der Waals surface area (Å²) in [5.74, 6) is 0.980. The maximum Gasteiger partial charge on any atom is 0.122 e. The number of hydrogen-bond acceptors (Lipinski definition) is 1. The minimum atomic E-state index is 0.980. The molecule has 0 radical (unpaired) electrons. The van der Waals surface area contributed by atoms with Gasteiger partial charge >= 0.3 is 0 Å². The Morgan fingerprint density at radius 1 is 0.109 bits per heavy atom. The molecule has 0 saturated carbocycles. The van der Waals surface area contributed by atoms with Crippen LogP contribution in [0.5, 0.6) is 5.75 Å². The second-order valence-corrected chi connectivity index (χ2v) is 29.4. The van der Waals surface area contributed by atoms with Crippen molar-refractivity contribution in [2.45, 2.75) is 270 Å². The highest BCUT2D eigenvalue weighted by Crippen LogP contribution is 2.25. The van der Waals surface area contributed by atoms with Crippen molar-refractivity contribution < 1.29 is 4.74 Å². The SMILES string of the molecule is COc1ccc(C)c(C)c1C.Cc1ccc(C)c(C)c1C.Cc1ccc(C)c(C)c1C.Cc1ccc(C)c(C)c1C.Cc1ccc(C)c(C)c1C.Cc1ccc(C)c(C)c1C.Cc1ccc(C)c(C)c1C.Cc1ccc(C)c(C)c1C.Cc1ccc(C)c(C)c1C.Cc1ccc(C)c(C)c1C. The molecule has 10 aromatic rings. The van der Waals surface area contributed by atoms with Gasteiger partial charge in [0.05, 0.1) is 7.11 Å². The molecule has 101 heavy (non-hydrogen) atoms. The Labute approximate surface area is 622 Å². The van der Waals surface area contributed by atoms with E-state index >= 15 is 0 Å². The van der Waals surface area contributed by atoms with Crippen LogP contribution in [0.25, 0.3) is 0 Å². The van der Waals surface area contributed by atoms with Crippen LogP contribution in [0, 0.1) is 270 Å². The molecule has 0 amide bonds. The normalized spacial score (nSPS) is 9.98. The molecule has 0 saturated heterocycles. The van der Waals surface area contributed by atoms with Gasteiger partial charge in [-0.05, 0) is 493 Å². The van der Waals surface area contributed by atoms with Crippen molar-refractivity contribution in [3.63, 3.8) is 0 Å². The Balaban J connectivity index is 0.000000561. The van der Waals surface area contributed by atoms with Crippen molar-refractivity contribution >= 4 is 0 Å². The van der Waals surface area contributed by atoms with Crippen LogP contribution < -0.4 is 4.74 Å². The van der Waals surface area contributed by atoms with Gasteiger partial charge in [-0.2, -0.15) is 0 Å². The number of ether oxygens (including phenoxy) is 1. The second kappa shape index (κ2) is 43.1. The van der Waals surface area contributed by atoms with Gasteiger partial charge in [0.2, 0.25) is 0 Å². The van der Waals surface area contributed by atoms with Gasteiger partial charge in [-0.25, -0.2) is 0 Å². The Kier molecular flexibility index (Phi) is 38.8. The molecule has 1 heteroatoms. The molecule has 0 N–H and O–H groups in total. The molecule has 0 bridgehead atoms. The van der Waals surface area contributed by atoms with Crippen molar-refractivity contribution in [2.75, 3.05) is 7.11 Å². The van der Waals surface area contributed by atoms with Crippen LogP contribution in [0.2, 0.25) is 0 Å². The Bertz CT molecular complexity index is 3300. The highest BCUT2D eigenvalue weighted by atomic mass is 16.5. The molecule has 10 rings (SSSR count). The zero-order valence-corrected chi connectivity index (χ0v) is 72.0. The number of methoxy groups -OCH3 is 1. The fourth-order valence-electron chi connectivity index (χ4n) is 11.0. The largest absolute Gasteiger partial charge is 0.496 e. The maximum absolute atomic E-state index is 5.18. The van der Waals surface area contributed by atoms with Gasteiger partial charge in [0.1, 0.15) is 5.75 Å². The lowest BCUT2D eigenvalue weighted by atomic mass is 10.0. The quantitative estimate of drug-likeness (QED) is 0.159. The summed E-state index contributed by atoms with van der Waals surface area (Å²) in [5, 5.41) is 0. The number of aryl methyl sites for hydroxylation is 19. The van der Waals surface area contributed by atoms with Gasteiger partial charge in [0, 0.05) is 0 Å². The van der Waals surface area contributed by atoms with Crippen LogP contribution in [0.3, 0.4) is 0 Å². The van der Waals surface area contributed by atoms with Gasteiger partial charge in [0.25, 0.3) is 0 Å². The van der Waals surface area contributed by atoms with Gasteiger partial charge in [-0.1, -0.05) is 115 Å². The minimum absolute atomic E-state index is 0.980. The van der Waals surface area contributed by atoms with Gasteiger partial charge < -0.3 is 4.74 Å². The van der Waals surface area contributed by atoms with Crippen LogP contribution in [-0.4, -0.2) is 7.11 Å². The molecule has 10 aromatic carbocycles. The molecule has 0 atom stereocenters. The van der Waals surface area contributed by atoms with Crippen molar-refractivity contribution in [1.82, 2.24) is 0 Å². The van der Waals surface area contributed by atoms with E-state index < -0.39 is 0 Å². The van der Waals surface area contributed by atoms with Crippen molar-refractivity contribution in [2.24, 2.45) is 0 Å². The molecular formula is C100H140O. The smallest absolute Gasteiger partial charge is 0.122 e. The zero-order valence-electron chi connectivity index (χ0n) is 72.0. The summed E-state index contributed by atoms with van der Waals surface area (Å²) < 4.78 is 5.18. The lowest BCUT2D eigenvalue weighted by Crippen LogP contribution is -1.91. The second-order valence-electron chi connectivity index (χ2n) is 29.4. The molecule has 0 fully saturated rings. The van der Waals surface area contributed by atoms with Crippen molar-refractivity contribution in [3.05, 3.63) is 338 Å². The van der Waals surface area contributed by atoms with Gasteiger partial charge in [0.15, 0.2) is 0 Å². The first-order chi connectivity index (χ1) is 46.8. The molecule has 546 valence electrons. The summed E-state index contributed by atoms with van der Waals surface area (Å²) in [7, 11) is 1.71. The fraction of sp³-hybridized carbons (Fsp3) is 0.400. The lowest BCUT2D eigenvalue weighted by molar-refractivity contribution is 0.411.